The Morgan fingerprint density at radius 3 is 2.79 bits per heavy atom. The van der Waals surface area contributed by atoms with Crippen LogP contribution in [0.3, 0.4) is 0 Å². The van der Waals surface area contributed by atoms with E-state index in [1.165, 1.54) is 0 Å². The number of thiophene rings is 1. The Hall–Kier alpha value is -0.410. The summed E-state index contributed by atoms with van der Waals surface area (Å²) in [6.07, 6.45) is 1.71. The topological polar surface area (TPSA) is 65.1 Å². The molecule has 0 spiro atoms. The summed E-state index contributed by atoms with van der Waals surface area (Å²) in [5.41, 5.74) is 4.80. The summed E-state index contributed by atoms with van der Waals surface area (Å²) >= 11 is 8.65. The molecule has 0 aliphatic carbocycles. The Kier molecular flexibility index (Phi) is 5.02. The Labute approximate surface area is 132 Å². The maximum absolute atomic E-state index is 5.74. The number of aromatic nitrogens is 2. The van der Waals surface area contributed by atoms with Gasteiger partial charge in [-0.2, -0.15) is 5.10 Å². The normalized spacial score (nSPS) is 12.7. The molecule has 8 heteroatoms. The highest BCUT2D eigenvalue weighted by Crippen LogP contribution is 2.39. The SMILES string of the molecule is CCn1ncc(OC)c1C(NN)c1cc(Br)sc1Br. The van der Waals surface area contributed by atoms with Gasteiger partial charge in [0.05, 0.1) is 26.9 Å². The van der Waals surface area contributed by atoms with Crippen LogP contribution >= 0.6 is 43.2 Å². The zero-order chi connectivity index (χ0) is 14.0. The fourth-order valence-corrected chi connectivity index (χ4v) is 4.85. The molecule has 0 fully saturated rings. The molecule has 0 aliphatic rings. The quantitative estimate of drug-likeness (QED) is 0.588. The maximum atomic E-state index is 5.74. The molecule has 0 saturated carbocycles. The lowest BCUT2D eigenvalue weighted by Crippen LogP contribution is -2.31. The van der Waals surface area contributed by atoms with Gasteiger partial charge >= 0.3 is 0 Å². The molecule has 0 amide bonds. The molecule has 0 saturated heterocycles. The van der Waals surface area contributed by atoms with Crippen LogP contribution in [0.1, 0.15) is 24.2 Å². The van der Waals surface area contributed by atoms with E-state index in [9.17, 15) is 0 Å². The van der Waals surface area contributed by atoms with E-state index in [1.807, 2.05) is 17.7 Å². The highest BCUT2D eigenvalue weighted by Gasteiger charge is 2.25. The highest BCUT2D eigenvalue weighted by molar-refractivity contribution is 9.12. The number of aryl methyl sites for hydroxylation is 1. The first-order valence-corrected chi connectivity index (χ1v) is 8.03. The smallest absolute Gasteiger partial charge is 0.161 e. The van der Waals surface area contributed by atoms with Crippen LogP contribution in [0.2, 0.25) is 0 Å². The minimum atomic E-state index is -0.186. The molecule has 5 nitrogen and oxygen atoms in total. The molecule has 0 aromatic carbocycles. The molecule has 2 heterocycles. The first-order chi connectivity index (χ1) is 9.12. The summed E-state index contributed by atoms with van der Waals surface area (Å²) in [4.78, 5) is 0. The van der Waals surface area contributed by atoms with Gasteiger partial charge in [0.2, 0.25) is 0 Å². The summed E-state index contributed by atoms with van der Waals surface area (Å²) < 4.78 is 9.31. The number of hydrogen-bond donors (Lipinski definition) is 2. The van der Waals surface area contributed by atoms with Gasteiger partial charge in [0.25, 0.3) is 0 Å². The standard InChI is InChI=1S/C11H14Br2N4OS/c1-3-17-10(7(18-2)5-15-17)9(16-14)6-4-8(12)19-11(6)13/h4-5,9,16H,3,14H2,1-2H3. The summed E-state index contributed by atoms with van der Waals surface area (Å²) in [5, 5.41) is 4.31. The van der Waals surface area contributed by atoms with Crippen LogP contribution in [0.5, 0.6) is 5.75 Å². The first kappa shape index (κ1) is 15.0. The molecular weight excluding hydrogens is 396 g/mol. The maximum Gasteiger partial charge on any atom is 0.161 e. The average molecular weight is 410 g/mol. The van der Waals surface area contributed by atoms with Crippen molar-refractivity contribution in [1.82, 2.24) is 15.2 Å². The van der Waals surface area contributed by atoms with Gasteiger partial charge in [-0.05, 0) is 44.8 Å². The molecule has 1 unspecified atom stereocenters. The number of hydrogen-bond acceptors (Lipinski definition) is 5. The van der Waals surface area contributed by atoms with Crippen LogP contribution in [0.15, 0.2) is 19.8 Å². The van der Waals surface area contributed by atoms with Crippen LogP contribution in [0, 0.1) is 0 Å². The molecule has 19 heavy (non-hydrogen) atoms. The van der Waals surface area contributed by atoms with Crippen molar-refractivity contribution in [1.29, 1.82) is 0 Å². The minimum absolute atomic E-state index is 0.186. The minimum Gasteiger partial charge on any atom is -0.493 e. The van der Waals surface area contributed by atoms with Gasteiger partial charge in [0.15, 0.2) is 5.75 Å². The van der Waals surface area contributed by atoms with Crippen molar-refractivity contribution in [3.8, 4) is 5.75 Å². The average Bonchev–Trinajstić information content (AvgIpc) is 2.94. The fraction of sp³-hybridized carbons (Fsp3) is 0.364. The van der Waals surface area contributed by atoms with E-state index in [0.717, 1.165) is 31.1 Å². The first-order valence-electron chi connectivity index (χ1n) is 5.62. The monoisotopic (exact) mass is 408 g/mol. The largest absolute Gasteiger partial charge is 0.493 e. The van der Waals surface area contributed by atoms with Crippen LogP contribution in [0.4, 0.5) is 0 Å². The van der Waals surface area contributed by atoms with Crippen molar-refractivity contribution in [3.05, 3.63) is 31.1 Å². The molecule has 0 radical (unpaired) electrons. The number of hydrazine groups is 1. The third-order valence-corrected chi connectivity index (χ3v) is 5.18. The zero-order valence-corrected chi connectivity index (χ0v) is 14.5. The number of ether oxygens (including phenoxy) is 1. The van der Waals surface area contributed by atoms with Crippen molar-refractivity contribution < 1.29 is 4.74 Å². The molecule has 2 aromatic rings. The fourth-order valence-electron chi connectivity index (χ4n) is 1.94. The zero-order valence-electron chi connectivity index (χ0n) is 10.5. The Morgan fingerprint density at radius 2 is 2.32 bits per heavy atom. The lowest BCUT2D eigenvalue weighted by molar-refractivity contribution is 0.399. The molecule has 2 rings (SSSR count). The van der Waals surface area contributed by atoms with Crippen LogP contribution in [-0.2, 0) is 6.54 Å². The van der Waals surface area contributed by atoms with Crippen LogP contribution < -0.4 is 16.0 Å². The molecule has 3 N–H and O–H groups in total. The highest BCUT2D eigenvalue weighted by atomic mass is 79.9. The summed E-state index contributed by atoms with van der Waals surface area (Å²) in [5.74, 6) is 6.46. The lowest BCUT2D eigenvalue weighted by Gasteiger charge is -2.18. The Morgan fingerprint density at radius 1 is 1.58 bits per heavy atom. The van der Waals surface area contributed by atoms with E-state index in [0.29, 0.717) is 0 Å². The predicted octanol–water partition coefficient (Wildman–Crippen LogP) is 3.05. The summed E-state index contributed by atoms with van der Waals surface area (Å²) in [6.45, 7) is 2.78. The van der Waals surface area contributed by atoms with Crippen molar-refractivity contribution in [2.45, 2.75) is 19.5 Å². The molecule has 104 valence electrons. The van der Waals surface area contributed by atoms with Gasteiger partial charge in [0, 0.05) is 12.1 Å². The van der Waals surface area contributed by atoms with Gasteiger partial charge in [-0.15, -0.1) is 11.3 Å². The van der Waals surface area contributed by atoms with Crippen LogP contribution in [0.25, 0.3) is 0 Å². The number of nitrogens with zero attached hydrogens (tertiary/aromatic N) is 2. The van der Waals surface area contributed by atoms with E-state index in [1.54, 1.807) is 24.6 Å². The van der Waals surface area contributed by atoms with E-state index < -0.39 is 0 Å². The Bertz CT molecular complexity index is 548. The number of rotatable bonds is 5. The predicted molar refractivity (Wildman–Crippen MR) is 83.3 cm³/mol. The third-order valence-electron chi connectivity index (χ3n) is 2.80. The molecule has 0 aliphatic heterocycles. The van der Waals surface area contributed by atoms with Crippen molar-refractivity contribution >= 4 is 43.2 Å². The number of nitrogens with one attached hydrogen (secondary N) is 1. The lowest BCUT2D eigenvalue weighted by atomic mass is 10.1. The van der Waals surface area contributed by atoms with E-state index in [4.69, 9.17) is 10.6 Å². The van der Waals surface area contributed by atoms with Gasteiger partial charge in [-0.3, -0.25) is 10.5 Å². The van der Waals surface area contributed by atoms with Crippen LogP contribution in [-0.4, -0.2) is 16.9 Å². The second-order valence-electron chi connectivity index (χ2n) is 3.79. The summed E-state index contributed by atoms with van der Waals surface area (Å²) in [7, 11) is 1.63. The van der Waals surface area contributed by atoms with E-state index in [-0.39, 0.29) is 6.04 Å². The Balaban J connectivity index is 2.53. The summed E-state index contributed by atoms with van der Waals surface area (Å²) in [6, 6.07) is 1.85. The van der Waals surface area contributed by atoms with E-state index in [2.05, 4.69) is 42.4 Å². The molecule has 2 aromatic heterocycles. The molecule has 0 bridgehead atoms. The second-order valence-corrected chi connectivity index (χ2v) is 7.54. The van der Waals surface area contributed by atoms with Crippen molar-refractivity contribution in [3.63, 3.8) is 0 Å². The van der Waals surface area contributed by atoms with Crippen molar-refractivity contribution in [2.75, 3.05) is 7.11 Å². The van der Waals surface area contributed by atoms with E-state index >= 15 is 0 Å². The molecular formula is C11H14Br2N4OS. The van der Waals surface area contributed by atoms with Gasteiger partial charge in [0.1, 0.15) is 5.69 Å². The number of nitrogens with two attached hydrogens (primary N) is 1. The number of halogens is 2. The van der Waals surface area contributed by atoms with Crippen molar-refractivity contribution in [2.24, 2.45) is 5.84 Å². The third kappa shape index (κ3) is 2.87. The second kappa shape index (κ2) is 6.36. The molecule has 1 atom stereocenters. The van der Waals surface area contributed by atoms with Gasteiger partial charge in [-0.1, -0.05) is 0 Å². The van der Waals surface area contributed by atoms with Gasteiger partial charge in [-0.25, -0.2) is 5.43 Å². The number of methoxy groups -OCH3 is 1. The van der Waals surface area contributed by atoms with Gasteiger partial charge < -0.3 is 4.74 Å².